The van der Waals surface area contributed by atoms with Crippen molar-refractivity contribution < 1.29 is 14.3 Å². The van der Waals surface area contributed by atoms with E-state index in [0.717, 1.165) is 39.5 Å². The van der Waals surface area contributed by atoms with Crippen molar-refractivity contribution in [2.24, 2.45) is 12.8 Å². The molecule has 34 heavy (non-hydrogen) atoms. The van der Waals surface area contributed by atoms with E-state index in [1.54, 1.807) is 9.13 Å². The molecule has 8 heteroatoms. The fraction of sp³-hybridized carbons (Fsp3) is 0.346. The number of amides is 1. The van der Waals surface area contributed by atoms with Gasteiger partial charge in [0.1, 0.15) is 0 Å². The van der Waals surface area contributed by atoms with E-state index < -0.39 is 24.5 Å². The Hall–Kier alpha value is -3.81. The van der Waals surface area contributed by atoms with Crippen molar-refractivity contribution in [2.45, 2.75) is 45.7 Å². The summed E-state index contributed by atoms with van der Waals surface area (Å²) in [6.45, 7) is 4.03. The summed E-state index contributed by atoms with van der Waals surface area (Å²) in [5.74, 6) is -1.26. The first-order chi connectivity index (χ1) is 16.3. The standard InChI is InChI=1S/C26H30N4O4/c1-4-8-19(13-24(32)34-16-23(27)31)30-21-11-6-5-10-20(21)29(26(30)33)15-18-14-28(3)22-12-7-9-17(2)25(18)22/h5-7,9-12,14,19H,4,8,13,15-16H2,1-3H3,(H2,27,31)/t19-/m0/s1. The Morgan fingerprint density at radius 3 is 2.47 bits per heavy atom. The van der Waals surface area contributed by atoms with E-state index in [-0.39, 0.29) is 12.1 Å². The van der Waals surface area contributed by atoms with E-state index in [4.69, 9.17) is 10.5 Å². The predicted molar refractivity (Wildman–Crippen MR) is 132 cm³/mol. The second-order valence-electron chi connectivity index (χ2n) is 8.74. The molecule has 0 radical (unpaired) electrons. The molecule has 0 aliphatic carbocycles. The summed E-state index contributed by atoms with van der Waals surface area (Å²) in [6.07, 6.45) is 3.46. The zero-order chi connectivity index (χ0) is 24.4. The monoisotopic (exact) mass is 462 g/mol. The van der Waals surface area contributed by atoms with Gasteiger partial charge in [-0.2, -0.15) is 0 Å². The second-order valence-corrected chi connectivity index (χ2v) is 8.74. The van der Waals surface area contributed by atoms with Gasteiger partial charge < -0.3 is 15.0 Å². The van der Waals surface area contributed by atoms with Crippen LogP contribution in [0.25, 0.3) is 21.9 Å². The molecule has 8 nitrogen and oxygen atoms in total. The molecule has 1 atom stereocenters. The molecule has 0 aliphatic heterocycles. The minimum absolute atomic E-state index is 0.0115. The molecule has 4 rings (SSSR count). The molecule has 0 bridgehead atoms. The van der Waals surface area contributed by atoms with Crippen LogP contribution < -0.4 is 11.4 Å². The van der Waals surface area contributed by atoms with Gasteiger partial charge >= 0.3 is 11.7 Å². The third kappa shape index (κ3) is 4.35. The summed E-state index contributed by atoms with van der Waals surface area (Å²) in [6, 6.07) is 13.4. The van der Waals surface area contributed by atoms with Crippen molar-refractivity contribution in [1.82, 2.24) is 13.7 Å². The van der Waals surface area contributed by atoms with Crippen LogP contribution in [0.4, 0.5) is 0 Å². The molecule has 0 fully saturated rings. The summed E-state index contributed by atoms with van der Waals surface area (Å²) in [7, 11) is 2.01. The van der Waals surface area contributed by atoms with Crippen LogP contribution in [0.5, 0.6) is 0 Å². The van der Waals surface area contributed by atoms with Gasteiger partial charge in [-0.15, -0.1) is 0 Å². The van der Waals surface area contributed by atoms with E-state index in [9.17, 15) is 14.4 Å². The number of esters is 1. The number of ether oxygens (including phenoxy) is 1. The van der Waals surface area contributed by atoms with Gasteiger partial charge in [0, 0.05) is 30.2 Å². The molecule has 2 heterocycles. The van der Waals surface area contributed by atoms with Gasteiger partial charge in [-0.1, -0.05) is 37.6 Å². The zero-order valence-electron chi connectivity index (χ0n) is 19.8. The number of hydrogen-bond acceptors (Lipinski definition) is 4. The van der Waals surface area contributed by atoms with Gasteiger partial charge in [0.15, 0.2) is 6.61 Å². The molecule has 4 aromatic rings. The maximum absolute atomic E-state index is 13.8. The quantitative estimate of drug-likeness (QED) is 0.385. The van der Waals surface area contributed by atoms with Crippen LogP contribution >= 0.6 is 0 Å². The average molecular weight is 463 g/mol. The number of para-hydroxylation sites is 2. The smallest absolute Gasteiger partial charge is 0.329 e. The topological polar surface area (TPSA) is 101 Å². The number of nitrogens with zero attached hydrogens (tertiary/aromatic N) is 3. The Balaban J connectivity index is 1.79. The summed E-state index contributed by atoms with van der Waals surface area (Å²) in [4.78, 5) is 37.2. The van der Waals surface area contributed by atoms with Crippen molar-refractivity contribution >= 4 is 33.8 Å². The number of benzene rings is 2. The molecule has 1 amide bonds. The van der Waals surface area contributed by atoms with E-state index >= 15 is 0 Å². The van der Waals surface area contributed by atoms with E-state index in [2.05, 4.69) is 29.8 Å². The lowest BCUT2D eigenvalue weighted by molar-refractivity contribution is -0.148. The SMILES string of the molecule is CCC[C@@H](CC(=O)OCC(N)=O)n1c(=O)n(Cc2cn(C)c3cccc(C)c23)c2ccccc21. The summed E-state index contributed by atoms with van der Waals surface area (Å²) in [5.41, 5.74) is 9.84. The van der Waals surface area contributed by atoms with Crippen LogP contribution in [0.1, 0.15) is 43.4 Å². The number of carbonyl (C=O) groups excluding carboxylic acids is 2. The first-order valence-electron chi connectivity index (χ1n) is 11.5. The van der Waals surface area contributed by atoms with Gasteiger partial charge in [-0.05, 0) is 42.7 Å². The van der Waals surface area contributed by atoms with Crippen molar-refractivity contribution in [1.29, 1.82) is 0 Å². The van der Waals surface area contributed by atoms with E-state index in [0.29, 0.717) is 13.0 Å². The third-order valence-corrected chi connectivity index (χ3v) is 6.26. The molecule has 2 aromatic heterocycles. The molecule has 0 saturated heterocycles. The number of primary amides is 1. The lowest BCUT2D eigenvalue weighted by Crippen LogP contribution is -2.30. The molecule has 178 valence electrons. The number of rotatable bonds is 9. The van der Waals surface area contributed by atoms with E-state index in [1.807, 2.05) is 44.3 Å². The number of nitrogens with two attached hydrogens (primary N) is 1. The number of hydrogen-bond donors (Lipinski definition) is 1. The predicted octanol–water partition coefficient (Wildman–Crippen LogP) is 3.41. The maximum atomic E-state index is 13.8. The minimum atomic E-state index is -0.709. The Morgan fingerprint density at radius 1 is 1.06 bits per heavy atom. The van der Waals surface area contributed by atoms with Gasteiger partial charge in [-0.25, -0.2) is 4.79 Å². The Labute approximate surface area is 197 Å². The third-order valence-electron chi connectivity index (χ3n) is 6.26. The zero-order valence-corrected chi connectivity index (χ0v) is 19.8. The minimum Gasteiger partial charge on any atom is -0.456 e. The largest absolute Gasteiger partial charge is 0.456 e. The van der Waals surface area contributed by atoms with Crippen LogP contribution in [-0.2, 0) is 27.9 Å². The highest BCUT2D eigenvalue weighted by molar-refractivity contribution is 5.87. The lowest BCUT2D eigenvalue weighted by Gasteiger charge is -2.17. The number of aryl methyl sites for hydroxylation is 2. The summed E-state index contributed by atoms with van der Waals surface area (Å²) >= 11 is 0. The van der Waals surface area contributed by atoms with Crippen LogP contribution in [-0.4, -0.2) is 32.2 Å². The highest BCUT2D eigenvalue weighted by atomic mass is 16.5. The van der Waals surface area contributed by atoms with Crippen LogP contribution in [0, 0.1) is 6.92 Å². The molecule has 2 N–H and O–H groups in total. The first kappa shape index (κ1) is 23.4. The Morgan fingerprint density at radius 2 is 1.76 bits per heavy atom. The van der Waals surface area contributed by atoms with Crippen molar-refractivity contribution in [3.05, 3.63) is 70.3 Å². The number of fused-ring (bicyclic) bond motifs is 2. The molecule has 0 aliphatic rings. The highest BCUT2D eigenvalue weighted by Gasteiger charge is 2.24. The number of aromatic nitrogens is 3. The Bertz CT molecular complexity index is 1430. The first-order valence-corrected chi connectivity index (χ1v) is 11.5. The lowest BCUT2D eigenvalue weighted by atomic mass is 10.1. The molecule has 0 unspecified atom stereocenters. The van der Waals surface area contributed by atoms with Crippen molar-refractivity contribution in [3.63, 3.8) is 0 Å². The fourth-order valence-corrected chi connectivity index (χ4v) is 4.82. The average Bonchev–Trinajstić information content (AvgIpc) is 3.27. The van der Waals surface area contributed by atoms with Crippen LogP contribution in [0.15, 0.2) is 53.5 Å². The number of imidazole rings is 1. The van der Waals surface area contributed by atoms with Crippen LogP contribution in [0.2, 0.25) is 0 Å². The van der Waals surface area contributed by atoms with Crippen LogP contribution in [0.3, 0.4) is 0 Å². The van der Waals surface area contributed by atoms with Gasteiger partial charge in [0.2, 0.25) is 0 Å². The highest BCUT2D eigenvalue weighted by Crippen LogP contribution is 2.27. The maximum Gasteiger partial charge on any atom is 0.329 e. The fourth-order valence-electron chi connectivity index (χ4n) is 4.82. The van der Waals surface area contributed by atoms with Gasteiger partial charge in [0.25, 0.3) is 5.91 Å². The van der Waals surface area contributed by atoms with Gasteiger partial charge in [-0.3, -0.25) is 18.7 Å². The molecular weight excluding hydrogens is 432 g/mol. The molecule has 0 saturated carbocycles. The van der Waals surface area contributed by atoms with Crippen molar-refractivity contribution in [2.75, 3.05) is 6.61 Å². The summed E-state index contributed by atoms with van der Waals surface area (Å²) in [5, 5.41) is 1.15. The Kier molecular flexibility index (Phi) is 6.58. The van der Waals surface area contributed by atoms with E-state index in [1.165, 1.54) is 0 Å². The molecule has 0 spiro atoms. The molecular formula is C26H30N4O4. The number of carbonyl (C=O) groups is 2. The molecule has 2 aromatic carbocycles. The van der Waals surface area contributed by atoms with Crippen molar-refractivity contribution in [3.8, 4) is 0 Å². The second kappa shape index (κ2) is 9.59. The van der Waals surface area contributed by atoms with Gasteiger partial charge in [0.05, 0.1) is 24.0 Å². The summed E-state index contributed by atoms with van der Waals surface area (Å²) < 4.78 is 10.5. The normalized spacial score (nSPS) is 12.3.